The highest BCUT2D eigenvalue weighted by atomic mass is 16.2. The van der Waals surface area contributed by atoms with Crippen molar-refractivity contribution >= 4 is 17.5 Å². The number of nitrogens with one attached hydrogen (secondary N) is 2. The molecule has 1 atom stereocenters. The van der Waals surface area contributed by atoms with Crippen LogP contribution in [0.2, 0.25) is 0 Å². The number of anilines is 1. The Hall–Kier alpha value is -2.66. The first-order valence-electron chi connectivity index (χ1n) is 10.9. The number of hydrogen-bond acceptors (Lipinski definition) is 3. The van der Waals surface area contributed by atoms with Crippen LogP contribution in [0, 0.1) is 5.92 Å². The number of rotatable bonds is 10. The highest BCUT2D eigenvalue weighted by Crippen LogP contribution is 2.22. The first-order chi connectivity index (χ1) is 14.4. The average molecular weight is 410 g/mol. The van der Waals surface area contributed by atoms with Crippen molar-refractivity contribution in [2.24, 2.45) is 5.92 Å². The fraction of sp³-hybridized carbons (Fsp3) is 0.440. The Kier molecular flexibility index (Phi) is 9.06. The van der Waals surface area contributed by atoms with Crippen molar-refractivity contribution in [1.82, 2.24) is 10.2 Å². The largest absolute Gasteiger partial charge is 0.339 e. The second-order valence-electron chi connectivity index (χ2n) is 7.80. The number of amides is 2. The number of carbonyl (C=O) groups excluding carboxylic acids is 2. The lowest BCUT2D eigenvalue weighted by molar-refractivity contribution is -0.115. The van der Waals surface area contributed by atoms with Crippen molar-refractivity contribution in [2.75, 3.05) is 25.0 Å². The Morgan fingerprint density at radius 3 is 2.00 bits per heavy atom. The summed E-state index contributed by atoms with van der Waals surface area (Å²) in [7, 11) is 0. The zero-order valence-electron chi connectivity index (χ0n) is 18.9. The third-order valence-corrected chi connectivity index (χ3v) is 5.36. The molecule has 0 aliphatic rings. The minimum absolute atomic E-state index is 0.00779. The Bertz CT molecular complexity index is 809. The summed E-state index contributed by atoms with van der Waals surface area (Å²) in [6.45, 7) is 11.9. The van der Waals surface area contributed by atoms with E-state index >= 15 is 0 Å². The van der Waals surface area contributed by atoms with Gasteiger partial charge in [0.05, 0.1) is 6.54 Å². The van der Waals surface area contributed by atoms with Gasteiger partial charge in [0.15, 0.2) is 0 Å². The second kappa shape index (κ2) is 11.5. The second-order valence-corrected chi connectivity index (χ2v) is 7.80. The molecule has 5 nitrogen and oxygen atoms in total. The van der Waals surface area contributed by atoms with Crippen molar-refractivity contribution < 1.29 is 9.59 Å². The lowest BCUT2D eigenvalue weighted by atomic mass is 9.95. The number of nitrogens with zero attached hydrogens (tertiary/aromatic N) is 1. The van der Waals surface area contributed by atoms with E-state index < -0.39 is 0 Å². The van der Waals surface area contributed by atoms with Crippen molar-refractivity contribution in [3.05, 3.63) is 65.2 Å². The van der Waals surface area contributed by atoms with Crippen LogP contribution in [0.3, 0.4) is 0 Å². The number of hydrogen-bond donors (Lipinski definition) is 2. The number of aryl methyl sites for hydroxylation is 1. The van der Waals surface area contributed by atoms with Crippen LogP contribution in [0.1, 0.15) is 62.1 Å². The molecule has 0 radical (unpaired) electrons. The lowest BCUT2D eigenvalue weighted by Crippen LogP contribution is -2.33. The molecule has 2 N–H and O–H groups in total. The zero-order chi connectivity index (χ0) is 22.1. The van der Waals surface area contributed by atoms with E-state index in [4.69, 9.17) is 0 Å². The first-order valence-corrected chi connectivity index (χ1v) is 10.9. The van der Waals surface area contributed by atoms with Gasteiger partial charge in [-0.3, -0.25) is 9.59 Å². The molecule has 0 spiro atoms. The summed E-state index contributed by atoms with van der Waals surface area (Å²) < 4.78 is 0. The minimum Gasteiger partial charge on any atom is -0.339 e. The molecule has 5 heteroatoms. The first kappa shape index (κ1) is 23.6. The van der Waals surface area contributed by atoms with Crippen molar-refractivity contribution in [3.8, 4) is 0 Å². The third kappa shape index (κ3) is 6.42. The molecule has 2 aromatic carbocycles. The van der Waals surface area contributed by atoms with Crippen LogP contribution in [0.15, 0.2) is 48.5 Å². The van der Waals surface area contributed by atoms with E-state index in [9.17, 15) is 9.59 Å². The SMILES string of the molecule is CCc1ccc([C@H](NCC(=O)Nc2ccc(C(=O)N(CC)CC)cc2)C(C)C)cc1. The Labute approximate surface area is 180 Å². The van der Waals surface area contributed by atoms with Crippen LogP contribution in [-0.2, 0) is 11.2 Å². The molecule has 0 saturated carbocycles. The smallest absolute Gasteiger partial charge is 0.253 e. The average Bonchev–Trinajstić information content (AvgIpc) is 2.75. The molecular formula is C25H35N3O2. The number of carbonyl (C=O) groups is 2. The molecule has 0 saturated heterocycles. The summed E-state index contributed by atoms with van der Waals surface area (Å²) in [4.78, 5) is 26.6. The fourth-order valence-corrected chi connectivity index (χ4v) is 3.50. The van der Waals surface area contributed by atoms with Crippen LogP contribution in [-0.4, -0.2) is 36.3 Å². The lowest BCUT2D eigenvalue weighted by Gasteiger charge is -2.23. The van der Waals surface area contributed by atoms with E-state index in [0.717, 1.165) is 6.42 Å². The summed E-state index contributed by atoms with van der Waals surface area (Å²) in [5.74, 6) is 0.262. The van der Waals surface area contributed by atoms with Gasteiger partial charge in [0.25, 0.3) is 5.91 Å². The van der Waals surface area contributed by atoms with Crippen molar-refractivity contribution in [3.63, 3.8) is 0 Å². The van der Waals surface area contributed by atoms with E-state index in [-0.39, 0.29) is 24.4 Å². The van der Waals surface area contributed by atoms with Gasteiger partial charge in [0, 0.05) is 30.4 Å². The highest BCUT2D eigenvalue weighted by Gasteiger charge is 2.17. The zero-order valence-corrected chi connectivity index (χ0v) is 18.9. The van der Waals surface area contributed by atoms with Gasteiger partial charge in [-0.1, -0.05) is 45.0 Å². The van der Waals surface area contributed by atoms with E-state index in [1.807, 2.05) is 13.8 Å². The summed E-state index contributed by atoms with van der Waals surface area (Å²) in [6.07, 6.45) is 1.02. The standard InChI is InChI=1S/C25H35N3O2/c1-6-19-9-11-20(12-10-19)24(18(4)5)26-17-23(29)27-22-15-13-21(14-16-22)25(30)28(7-2)8-3/h9-16,18,24,26H,6-8,17H2,1-5H3,(H,27,29)/t24-/m1/s1. The van der Waals surface area contributed by atoms with Gasteiger partial charge in [-0.05, 0) is 61.6 Å². The third-order valence-electron chi connectivity index (χ3n) is 5.36. The molecule has 2 amide bonds. The molecular weight excluding hydrogens is 374 g/mol. The maximum Gasteiger partial charge on any atom is 0.253 e. The van der Waals surface area contributed by atoms with Crippen molar-refractivity contribution in [1.29, 1.82) is 0 Å². The molecule has 0 fully saturated rings. The monoisotopic (exact) mass is 409 g/mol. The molecule has 162 valence electrons. The molecule has 0 unspecified atom stereocenters. The van der Waals surface area contributed by atoms with Gasteiger partial charge in [0.2, 0.25) is 5.91 Å². The van der Waals surface area contributed by atoms with Crippen molar-refractivity contribution in [2.45, 2.75) is 47.1 Å². The Balaban J connectivity index is 1.94. The maximum absolute atomic E-state index is 12.4. The predicted octanol–water partition coefficient (Wildman–Crippen LogP) is 4.66. The molecule has 0 aromatic heterocycles. The van der Waals surface area contributed by atoms with Gasteiger partial charge in [-0.2, -0.15) is 0 Å². The van der Waals surface area contributed by atoms with E-state index in [1.54, 1.807) is 29.2 Å². The van der Waals surface area contributed by atoms with E-state index in [0.29, 0.717) is 30.3 Å². The number of benzene rings is 2. The summed E-state index contributed by atoms with van der Waals surface area (Å²) in [6, 6.07) is 15.7. The van der Waals surface area contributed by atoms with Gasteiger partial charge in [-0.15, -0.1) is 0 Å². The van der Waals surface area contributed by atoms with E-state index in [1.165, 1.54) is 11.1 Å². The minimum atomic E-state index is -0.103. The van der Waals surface area contributed by atoms with Crippen LogP contribution in [0.4, 0.5) is 5.69 Å². The molecule has 30 heavy (non-hydrogen) atoms. The van der Waals surface area contributed by atoms with Gasteiger partial charge < -0.3 is 15.5 Å². The fourth-order valence-electron chi connectivity index (χ4n) is 3.50. The van der Waals surface area contributed by atoms with Gasteiger partial charge >= 0.3 is 0 Å². The Morgan fingerprint density at radius 2 is 1.50 bits per heavy atom. The Morgan fingerprint density at radius 1 is 0.900 bits per heavy atom. The quantitative estimate of drug-likeness (QED) is 0.600. The summed E-state index contributed by atoms with van der Waals surface area (Å²) in [5.41, 5.74) is 3.81. The molecule has 0 aliphatic heterocycles. The van der Waals surface area contributed by atoms with Gasteiger partial charge in [-0.25, -0.2) is 0 Å². The summed E-state index contributed by atoms with van der Waals surface area (Å²) in [5, 5.41) is 6.28. The van der Waals surface area contributed by atoms with Crippen LogP contribution < -0.4 is 10.6 Å². The van der Waals surface area contributed by atoms with Crippen LogP contribution in [0.5, 0.6) is 0 Å². The molecule has 0 aliphatic carbocycles. The topological polar surface area (TPSA) is 61.4 Å². The van der Waals surface area contributed by atoms with Crippen LogP contribution >= 0.6 is 0 Å². The molecule has 2 aromatic rings. The van der Waals surface area contributed by atoms with E-state index in [2.05, 4.69) is 55.7 Å². The molecule has 0 heterocycles. The molecule has 0 bridgehead atoms. The van der Waals surface area contributed by atoms with Gasteiger partial charge in [0.1, 0.15) is 0 Å². The summed E-state index contributed by atoms with van der Waals surface area (Å²) >= 11 is 0. The normalized spacial score (nSPS) is 11.9. The highest BCUT2D eigenvalue weighted by molar-refractivity contribution is 5.96. The maximum atomic E-state index is 12.4. The van der Waals surface area contributed by atoms with Crippen LogP contribution in [0.25, 0.3) is 0 Å². The molecule has 2 rings (SSSR count). The predicted molar refractivity (Wildman–Crippen MR) is 124 cm³/mol.